The Morgan fingerprint density at radius 3 is 2.29 bits per heavy atom. The van der Waals surface area contributed by atoms with E-state index >= 15 is 0 Å². The summed E-state index contributed by atoms with van der Waals surface area (Å²) in [6, 6.07) is 4.72. The van der Waals surface area contributed by atoms with Crippen molar-refractivity contribution >= 4 is 0 Å². The molecule has 0 spiro atoms. The molecule has 1 aliphatic heterocycles. The Hall–Kier alpha value is -1.06. The molecular weight excluding hydrogens is 174 g/mol. The van der Waals surface area contributed by atoms with Crippen LogP contribution in [0, 0.1) is 28.1 Å². The summed E-state index contributed by atoms with van der Waals surface area (Å²) < 4.78 is 0. The molecule has 0 amide bonds. The van der Waals surface area contributed by atoms with Gasteiger partial charge in [-0.2, -0.15) is 10.5 Å². The molecular formula is C11H17N3. The highest BCUT2D eigenvalue weighted by molar-refractivity contribution is 5.01. The van der Waals surface area contributed by atoms with Gasteiger partial charge >= 0.3 is 0 Å². The molecule has 1 aliphatic rings. The molecule has 0 saturated carbocycles. The molecule has 1 unspecified atom stereocenters. The van der Waals surface area contributed by atoms with Crippen LogP contribution < -0.4 is 0 Å². The fourth-order valence-electron chi connectivity index (χ4n) is 1.87. The first kappa shape index (κ1) is 11.0. The van der Waals surface area contributed by atoms with E-state index in [0.29, 0.717) is 0 Å². The third kappa shape index (κ3) is 2.25. The van der Waals surface area contributed by atoms with Gasteiger partial charge in [0.2, 0.25) is 0 Å². The van der Waals surface area contributed by atoms with Crippen LogP contribution in [-0.2, 0) is 0 Å². The van der Waals surface area contributed by atoms with Crippen LogP contribution in [0.4, 0.5) is 0 Å². The van der Waals surface area contributed by atoms with Crippen molar-refractivity contribution in [1.29, 1.82) is 10.5 Å². The van der Waals surface area contributed by atoms with E-state index in [-0.39, 0.29) is 11.5 Å². The summed E-state index contributed by atoms with van der Waals surface area (Å²) in [6.07, 6.45) is 2.66. The third-order valence-corrected chi connectivity index (χ3v) is 3.15. The second-order valence-electron chi connectivity index (χ2n) is 4.26. The van der Waals surface area contributed by atoms with E-state index in [2.05, 4.69) is 17.0 Å². The lowest BCUT2D eigenvalue weighted by molar-refractivity contribution is 0.132. The molecule has 0 radical (unpaired) electrons. The van der Waals surface area contributed by atoms with Crippen LogP contribution in [0.5, 0.6) is 0 Å². The van der Waals surface area contributed by atoms with Gasteiger partial charge in [0.1, 0.15) is 0 Å². The lowest BCUT2D eigenvalue weighted by Gasteiger charge is -2.36. The SMILES string of the molecule is CCC(C#N)N1CCC(C)(C#N)CC1. The topological polar surface area (TPSA) is 50.8 Å². The van der Waals surface area contributed by atoms with Gasteiger partial charge in [0.15, 0.2) is 0 Å². The normalized spacial score (nSPS) is 23.4. The molecule has 0 N–H and O–H groups in total. The maximum atomic E-state index is 8.96. The van der Waals surface area contributed by atoms with E-state index in [4.69, 9.17) is 10.5 Å². The Bertz CT molecular complexity index is 263. The van der Waals surface area contributed by atoms with Crippen LogP contribution >= 0.6 is 0 Å². The summed E-state index contributed by atoms with van der Waals surface area (Å²) >= 11 is 0. The van der Waals surface area contributed by atoms with E-state index in [0.717, 1.165) is 32.4 Å². The average molecular weight is 191 g/mol. The van der Waals surface area contributed by atoms with Crippen LogP contribution in [0.3, 0.4) is 0 Å². The number of nitriles is 2. The van der Waals surface area contributed by atoms with Crippen LogP contribution in [0.2, 0.25) is 0 Å². The van der Waals surface area contributed by atoms with Gasteiger partial charge in [-0.1, -0.05) is 6.92 Å². The zero-order valence-corrected chi connectivity index (χ0v) is 8.95. The molecule has 0 aromatic heterocycles. The van der Waals surface area contributed by atoms with Gasteiger partial charge in [0, 0.05) is 13.1 Å². The molecule has 14 heavy (non-hydrogen) atoms. The van der Waals surface area contributed by atoms with Crippen molar-refractivity contribution in [2.75, 3.05) is 13.1 Å². The summed E-state index contributed by atoms with van der Waals surface area (Å²) in [5, 5.41) is 17.9. The summed E-state index contributed by atoms with van der Waals surface area (Å²) in [5.41, 5.74) is -0.162. The number of hydrogen-bond donors (Lipinski definition) is 0. The highest BCUT2D eigenvalue weighted by Crippen LogP contribution is 2.30. The maximum Gasteiger partial charge on any atom is 0.0975 e. The molecule has 1 rings (SSSR count). The van der Waals surface area contributed by atoms with Crippen molar-refractivity contribution in [2.45, 2.75) is 39.2 Å². The van der Waals surface area contributed by atoms with Crippen molar-refractivity contribution in [1.82, 2.24) is 4.90 Å². The summed E-state index contributed by atoms with van der Waals surface area (Å²) in [7, 11) is 0. The Kier molecular flexibility index (Phi) is 3.49. The summed E-state index contributed by atoms with van der Waals surface area (Å²) in [5.74, 6) is 0. The first-order chi connectivity index (χ1) is 6.65. The molecule has 1 fully saturated rings. The highest BCUT2D eigenvalue weighted by atomic mass is 15.2. The zero-order chi connectivity index (χ0) is 10.6. The highest BCUT2D eigenvalue weighted by Gasteiger charge is 2.32. The largest absolute Gasteiger partial charge is 0.288 e. The van der Waals surface area contributed by atoms with Crippen molar-refractivity contribution in [3.63, 3.8) is 0 Å². The van der Waals surface area contributed by atoms with E-state index < -0.39 is 0 Å². The summed E-state index contributed by atoms with van der Waals surface area (Å²) in [4.78, 5) is 2.19. The zero-order valence-electron chi connectivity index (χ0n) is 8.95. The molecule has 3 heteroatoms. The number of rotatable bonds is 2. The molecule has 0 aliphatic carbocycles. The Labute approximate surface area is 85.9 Å². The Morgan fingerprint density at radius 2 is 1.93 bits per heavy atom. The number of nitrogens with zero attached hydrogens (tertiary/aromatic N) is 3. The van der Waals surface area contributed by atoms with Gasteiger partial charge in [0.25, 0.3) is 0 Å². The smallest absolute Gasteiger partial charge is 0.0975 e. The van der Waals surface area contributed by atoms with Crippen molar-refractivity contribution in [2.24, 2.45) is 5.41 Å². The first-order valence-corrected chi connectivity index (χ1v) is 5.20. The van der Waals surface area contributed by atoms with E-state index in [1.807, 2.05) is 13.8 Å². The van der Waals surface area contributed by atoms with Crippen molar-refractivity contribution < 1.29 is 0 Å². The monoisotopic (exact) mass is 191 g/mol. The standard InChI is InChI=1S/C11H17N3/c1-3-10(8-12)14-6-4-11(2,9-13)5-7-14/h10H,3-7H2,1-2H3. The van der Waals surface area contributed by atoms with Gasteiger partial charge in [-0.15, -0.1) is 0 Å². The predicted octanol–water partition coefficient (Wildman–Crippen LogP) is 1.91. The number of piperidine rings is 1. The van der Waals surface area contributed by atoms with Gasteiger partial charge in [-0.3, -0.25) is 4.90 Å². The van der Waals surface area contributed by atoms with E-state index in [1.54, 1.807) is 0 Å². The molecule has 76 valence electrons. The average Bonchev–Trinajstić information content (AvgIpc) is 2.23. The van der Waals surface area contributed by atoms with E-state index in [9.17, 15) is 0 Å². The lowest BCUT2D eigenvalue weighted by Crippen LogP contribution is -2.43. The maximum absolute atomic E-state index is 8.96. The second-order valence-corrected chi connectivity index (χ2v) is 4.26. The molecule has 1 saturated heterocycles. The molecule has 1 heterocycles. The second kappa shape index (κ2) is 4.44. The predicted molar refractivity (Wildman–Crippen MR) is 54.2 cm³/mol. The fourth-order valence-corrected chi connectivity index (χ4v) is 1.87. The number of hydrogen-bond acceptors (Lipinski definition) is 3. The lowest BCUT2D eigenvalue weighted by atomic mass is 9.81. The van der Waals surface area contributed by atoms with Gasteiger partial charge in [-0.05, 0) is 26.2 Å². The summed E-state index contributed by atoms with van der Waals surface area (Å²) in [6.45, 7) is 5.82. The van der Waals surface area contributed by atoms with Crippen LogP contribution in [-0.4, -0.2) is 24.0 Å². The minimum absolute atomic E-state index is 0.0400. The molecule has 0 bridgehead atoms. The molecule has 0 aromatic carbocycles. The fraction of sp³-hybridized carbons (Fsp3) is 0.818. The molecule has 1 atom stereocenters. The van der Waals surface area contributed by atoms with E-state index in [1.165, 1.54) is 0 Å². The van der Waals surface area contributed by atoms with Crippen molar-refractivity contribution in [3.05, 3.63) is 0 Å². The minimum atomic E-state index is -0.162. The molecule has 0 aromatic rings. The van der Waals surface area contributed by atoms with Crippen molar-refractivity contribution in [3.8, 4) is 12.1 Å². The third-order valence-electron chi connectivity index (χ3n) is 3.15. The Morgan fingerprint density at radius 1 is 1.36 bits per heavy atom. The van der Waals surface area contributed by atoms with Gasteiger partial charge in [-0.25, -0.2) is 0 Å². The van der Waals surface area contributed by atoms with Gasteiger partial charge < -0.3 is 0 Å². The van der Waals surface area contributed by atoms with Crippen LogP contribution in [0.1, 0.15) is 33.1 Å². The number of likely N-dealkylation sites (tertiary alicyclic amines) is 1. The first-order valence-electron chi connectivity index (χ1n) is 5.20. The molecule has 3 nitrogen and oxygen atoms in total. The quantitative estimate of drug-likeness (QED) is 0.670. The van der Waals surface area contributed by atoms with Crippen LogP contribution in [0.15, 0.2) is 0 Å². The van der Waals surface area contributed by atoms with Gasteiger partial charge in [0.05, 0.1) is 23.6 Å². The van der Waals surface area contributed by atoms with Crippen LogP contribution in [0.25, 0.3) is 0 Å². The minimum Gasteiger partial charge on any atom is -0.288 e. The Balaban J connectivity index is 2.52.